The summed E-state index contributed by atoms with van der Waals surface area (Å²) >= 11 is 0. The van der Waals surface area contributed by atoms with Crippen LogP contribution in [0.15, 0.2) is 39.5 Å². The molecule has 5 rings (SSSR count). The molecule has 1 atom stereocenters. The largest absolute Gasteiger partial charge is 0.499 e. The molecule has 0 spiro atoms. The first-order valence-corrected chi connectivity index (χ1v) is 12.9. The molecule has 2 saturated heterocycles. The first kappa shape index (κ1) is 25.7. The van der Waals surface area contributed by atoms with Gasteiger partial charge in [0.1, 0.15) is 5.58 Å². The molecule has 0 bridgehead atoms. The van der Waals surface area contributed by atoms with Crippen LogP contribution in [0.4, 0.5) is 20.4 Å². The molecule has 2 aromatic carbocycles. The SMILES string of the molecule is Cc1cc(C(C)Nc2ccc(F)c(F)c2B2OCC(C)(C)CO2)c2oc(N3CCCCC3)cc(=O)c2c1. The number of nitrogens with zero attached hydrogens (tertiary/aromatic N) is 1. The highest BCUT2D eigenvalue weighted by Crippen LogP contribution is 2.31. The molecule has 37 heavy (non-hydrogen) atoms. The Hall–Kier alpha value is -2.91. The highest BCUT2D eigenvalue weighted by atomic mass is 19.2. The van der Waals surface area contributed by atoms with Gasteiger partial charge in [0.2, 0.25) is 0 Å². The summed E-state index contributed by atoms with van der Waals surface area (Å²) in [6, 6.07) is 7.53. The van der Waals surface area contributed by atoms with E-state index in [1.807, 2.05) is 39.8 Å². The van der Waals surface area contributed by atoms with E-state index in [1.165, 1.54) is 12.5 Å². The van der Waals surface area contributed by atoms with Crippen molar-refractivity contribution in [1.82, 2.24) is 0 Å². The number of piperidine rings is 1. The number of hydrogen-bond donors (Lipinski definition) is 1. The first-order chi connectivity index (χ1) is 17.6. The third-order valence-corrected chi connectivity index (χ3v) is 7.11. The van der Waals surface area contributed by atoms with Crippen LogP contribution in [0.5, 0.6) is 0 Å². The van der Waals surface area contributed by atoms with Gasteiger partial charge >= 0.3 is 7.12 Å². The number of fused-ring (bicyclic) bond motifs is 1. The van der Waals surface area contributed by atoms with Crippen molar-refractivity contribution >= 4 is 35.1 Å². The van der Waals surface area contributed by atoms with Crippen LogP contribution in [0, 0.1) is 24.0 Å². The Kier molecular flexibility index (Phi) is 7.02. The van der Waals surface area contributed by atoms with E-state index >= 15 is 4.39 Å². The summed E-state index contributed by atoms with van der Waals surface area (Å²) in [5.74, 6) is -1.41. The van der Waals surface area contributed by atoms with Crippen molar-refractivity contribution in [2.75, 3.05) is 36.5 Å². The molecule has 1 aromatic heterocycles. The molecule has 6 nitrogen and oxygen atoms in total. The van der Waals surface area contributed by atoms with Crippen LogP contribution in [0.1, 0.15) is 57.2 Å². The van der Waals surface area contributed by atoms with Crippen LogP contribution in [0.3, 0.4) is 0 Å². The second-order valence-corrected chi connectivity index (χ2v) is 11.0. The maximum atomic E-state index is 15.1. The van der Waals surface area contributed by atoms with Crippen molar-refractivity contribution in [2.24, 2.45) is 5.41 Å². The lowest BCUT2D eigenvalue weighted by Crippen LogP contribution is -2.49. The predicted molar refractivity (Wildman–Crippen MR) is 143 cm³/mol. The lowest BCUT2D eigenvalue weighted by molar-refractivity contribution is 0.0340. The van der Waals surface area contributed by atoms with Crippen molar-refractivity contribution in [2.45, 2.75) is 53.0 Å². The van der Waals surface area contributed by atoms with Crippen LogP contribution in [0.2, 0.25) is 0 Å². The zero-order valence-corrected chi connectivity index (χ0v) is 21.8. The van der Waals surface area contributed by atoms with Crippen LogP contribution in [-0.4, -0.2) is 33.4 Å². The van der Waals surface area contributed by atoms with Gasteiger partial charge in [0.05, 0.1) is 11.4 Å². The van der Waals surface area contributed by atoms with E-state index in [0.29, 0.717) is 35.8 Å². The minimum atomic E-state index is -1.03. The number of hydrogen-bond acceptors (Lipinski definition) is 6. The average Bonchev–Trinajstić information content (AvgIpc) is 2.87. The van der Waals surface area contributed by atoms with Gasteiger partial charge < -0.3 is 23.9 Å². The van der Waals surface area contributed by atoms with Gasteiger partial charge in [-0.3, -0.25) is 4.79 Å². The van der Waals surface area contributed by atoms with Crippen LogP contribution >= 0.6 is 0 Å². The van der Waals surface area contributed by atoms with E-state index in [9.17, 15) is 9.18 Å². The average molecular weight is 510 g/mol. The summed E-state index contributed by atoms with van der Waals surface area (Å²) in [7, 11) is -1.03. The van der Waals surface area contributed by atoms with Crippen molar-refractivity contribution in [3.63, 3.8) is 0 Å². The second-order valence-electron chi connectivity index (χ2n) is 11.0. The zero-order valence-electron chi connectivity index (χ0n) is 21.8. The van der Waals surface area contributed by atoms with Crippen molar-refractivity contribution < 1.29 is 22.5 Å². The molecule has 2 aliphatic heterocycles. The molecule has 0 radical (unpaired) electrons. The molecule has 0 amide bonds. The minimum Gasteiger partial charge on any atom is -0.440 e. The smallest absolute Gasteiger partial charge is 0.440 e. The number of aryl methyl sites for hydroxylation is 1. The molecule has 1 N–H and O–H groups in total. The Morgan fingerprint density at radius 2 is 1.76 bits per heavy atom. The Bertz CT molecular complexity index is 1360. The summed E-state index contributed by atoms with van der Waals surface area (Å²) < 4.78 is 47.3. The Morgan fingerprint density at radius 1 is 1.05 bits per heavy atom. The molecule has 2 aliphatic rings. The van der Waals surface area contributed by atoms with Gasteiger partial charge in [0.25, 0.3) is 0 Å². The third-order valence-electron chi connectivity index (χ3n) is 7.11. The van der Waals surface area contributed by atoms with Crippen LogP contribution < -0.4 is 21.1 Å². The Labute approximate surface area is 216 Å². The molecular formula is C28H33BF2N2O4. The molecular weight excluding hydrogens is 477 g/mol. The molecule has 1 unspecified atom stereocenters. The van der Waals surface area contributed by atoms with Gasteiger partial charge in [-0.2, -0.15) is 0 Å². The molecule has 3 heterocycles. The summed E-state index contributed by atoms with van der Waals surface area (Å²) in [6.07, 6.45) is 3.28. The fraction of sp³-hybridized carbons (Fsp3) is 0.464. The van der Waals surface area contributed by atoms with Gasteiger partial charge in [-0.15, -0.1) is 0 Å². The number of benzene rings is 2. The van der Waals surface area contributed by atoms with E-state index in [1.54, 1.807) is 6.07 Å². The molecule has 196 valence electrons. The van der Waals surface area contributed by atoms with Crippen molar-refractivity contribution in [1.29, 1.82) is 0 Å². The van der Waals surface area contributed by atoms with Gasteiger partial charge in [0, 0.05) is 54.5 Å². The van der Waals surface area contributed by atoms with E-state index in [0.717, 1.165) is 43.1 Å². The zero-order chi connectivity index (χ0) is 26.3. The van der Waals surface area contributed by atoms with E-state index < -0.39 is 24.8 Å². The van der Waals surface area contributed by atoms with Crippen molar-refractivity contribution in [3.8, 4) is 0 Å². The van der Waals surface area contributed by atoms with E-state index in [2.05, 4.69) is 10.2 Å². The normalized spacial score (nSPS) is 18.8. The second kappa shape index (κ2) is 10.1. The third kappa shape index (κ3) is 5.25. The van der Waals surface area contributed by atoms with Crippen molar-refractivity contribution in [3.05, 3.63) is 63.3 Å². The quantitative estimate of drug-likeness (QED) is 0.470. The molecule has 0 aliphatic carbocycles. The Morgan fingerprint density at radius 3 is 2.46 bits per heavy atom. The summed E-state index contributed by atoms with van der Waals surface area (Å²) in [6.45, 7) is 10.2. The monoisotopic (exact) mass is 510 g/mol. The maximum Gasteiger partial charge on any atom is 0.499 e. The lowest BCUT2D eigenvalue weighted by Gasteiger charge is -2.34. The van der Waals surface area contributed by atoms with Gasteiger partial charge in [-0.1, -0.05) is 19.9 Å². The fourth-order valence-corrected chi connectivity index (χ4v) is 5.11. The maximum absolute atomic E-state index is 15.1. The fourth-order valence-electron chi connectivity index (χ4n) is 5.11. The van der Waals surface area contributed by atoms with E-state index in [-0.39, 0.29) is 16.3 Å². The predicted octanol–water partition coefficient (Wildman–Crippen LogP) is 5.31. The van der Waals surface area contributed by atoms with Gasteiger partial charge in [-0.25, -0.2) is 8.78 Å². The summed E-state index contributed by atoms with van der Waals surface area (Å²) in [5, 5.41) is 3.80. The highest BCUT2D eigenvalue weighted by molar-refractivity contribution is 6.63. The number of anilines is 2. The Balaban J connectivity index is 1.53. The summed E-state index contributed by atoms with van der Waals surface area (Å²) in [5.41, 5.74) is 2.20. The van der Waals surface area contributed by atoms with E-state index in [4.69, 9.17) is 13.7 Å². The molecule has 2 fully saturated rings. The highest BCUT2D eigenvalue weighted by Gasteiger charge is 2.38. The first-order valence-electron chi connectivity index (χ1n) is 12.9. The van der Waals surface area contributed by atoms with Gasteiger partial charge in [-0.05, 0) is 56.9 Å². The molecule has 3 aromatic rings. The molecule has 0 saturated carbocycles. The standard InChI is InChI=1S/C28H33BF2N2O4/c1-17-12-19(27-20(13-17)23(34)14-24(37-27)33-10-6-5-7-11-33)18(2)32-22-9-8-21(30)26(31)25(22)29-35-15-28(3,4)16-36-29/h8-9,12-14,18,32H,5-7,10-11,15-16H2,1-4H3. The topological polar surface area (TPSA) is 63.9 Å². The van der Waals surface area contributed by atoms with Gasteiger partial charge in [0.15, 0.2) is 22.9 Å². The lowest BCUT2D eigenvalue weighted by atomic mass is 9.74. The number of nitrogens with one attached hydrogen (secondary N) is 1. The summed E-state index contributed by atoms with van der Waals surface area (Å²) in [4.78, 5) is 15.2. The number of halogens is 2. The van der Waals surface area contributed by atoms with Crippen LogP contribution in [0.25, 0.3) is 11.0 Å². The minimum absolute atomic E-state index is 0.00485. The molecule has 9 heteroatoms. The number of rotatable bonds is 5. The van der Waals surface area contributed by atoms with Crippen LogP contribution in [-0.2, 0) is 9.31 Å².